The number of nitrogens with zero attached hydrogens (tertiary/aromatic N) is 2. The number of amides is 2. The van der Waals surface area contributed by atoms with Crippen LogP contribution < -0.4 is 5.32 Å². The van der Waals surface area contributed by atoms with E-state index >= 15 is 0 Å². The Kier molecular flexibility index (Phi) is 4.72. The van der Waals surface area contributed by atoms with Gasteiger partial charge in [0.15, 0.2) is 0 Å². The standard InChI is InChI=1S/C23H19N3O2/c1-26(15-18-10-4-8-16-7-2-3-12-19(16)18)23(28)22(27)25-20-13-5-9-17-11-6-14-24-21(17)20/h2-14H,15H2,1H3,(H,25,27). The largest absolute Gasteiger partial charge is 0.333 e. The number of hydrogen-bond donors (Lipinski definition) is 1. The maximum absolute atomic E-state index is 12.6. The zero-order valence-electron chi connectivity index (χ0n) is 15.4. The molecule has 1 heterocycles. The van der Waals surface area contributed by atoms with Gasteiger partial charge in [-0.1, -0.05) is 60.7 Å². The maximum Gasteiger partial charge on any atom is 0.313 e. The summed E-state index contributed by atoms with van der Waals surface area (Å²) < 4.78 is 0. The minimum atomic E-state index is -0.680. The molecule has 0 aliphatic rings. The van der Waals surface area contributed by atoms with Crippen LogP contribution in [0.3, 0.4) is 0 Å². The van der Waals surface area contributed by atoms with Crippen LogP contribution in [0.5, 0.6) is 0 Å². The molecule has 0 aliphatic carbocycles. The molecule has 4 rings (SSSR count). The van der Waals surface area contributed by atoms with E-state index in [1.54, 1.807) is 19.3 Å². The molecular weight excluding hydrogens is 350 g/mol. The molecule has 0 spiro atoms. The lowest BCUT2D eigenvalue weighted by Crippen LogP contribution is -2.36. The van der Waals surface area contributed by atoms with E-state index in [0.29, 0.717) is 17.7 Å². The Morgan fingerprint density at radius 1 is 0.893 bits per heavy atom. The molecule has 28 heavy (non-hydrogen) atoms. The van der Waals surface area contributed by atoms with Crippen LogP contribution in [0.1, 0.15) is 5.56 Å². The van der Waals surface area contributed by atoms with Gasteiger partial charge in [0.2, 0.25) is 0 Å². The number of pyridine rings is 1. The average Bonchev–Trinajstić information content (AvgIpc) is 2.73. The van der Waals surface area contributed by atoms with Crippen LogP contribution in [-0.2, 0) is 16.1 Å². The second-order valence-electron chi connectivity index (χ2n) is 6.63. The van der Waals surface area contributed by atoms with Crippen LogP contribution in [-0.4, -0.2) is 28.7 Å². The van der Waals surface area contributed by atoms with Gasteiger partial charge in [-0.15, -0.1) is 0 Å². The van der Waals surface area contributed by atoms with Crippen molar-refractivity contribution < 1.29 is 9.59 Å². The van der Waals surface area contributed by atoms with Gasteiger partial charge in [-0.2, -0.15) is 0 Å². The van der Waals surface area contributed by atoms with Gasteiger partial charge in [0.25, 0.3) is 0 Å². The SMILES string of the molecule is CN(Cc1cccc2ccccc12)C(=O)C(=O)Nc1cccc2cccnc12. The van der Waals surface area contributed by atoms with Crippen molar-refractivity contribution in [1.82, 2.24) is 9.88 Å². The van der Waals surface area contributed by atoms with Gasteiger partial charge < -0.3 is 10.2 Å². The van der Waals surface area contributed by atoms with Gasteiger partial charge in [-0.3, -0.25) is 14.6 Å². The predicted molar refractivity (Wildman–Crippen MR) is 111 cm³/mol. The number of anilines is 1. The monoisotopic (exact) mass is 369 g/mol. The number of aromatic nitrogens is 1. The molecule has 5 heteroatoms. The van der Waals surface area contributed by atoms with E-state index in [9.17, 15) is 9.59 Å². The Morgan fingerprint density at radius 3 is 2.50 bits per heavy atom. The number of para-hydroxylation sites is 1. The summed E-state index contributed by atoms with van der Waals surface area (Å²) in [7, 11) is 1.63. The molecule has 0 saturated carbocycles. The molecule has 1 N–H and O–H groups in total. The van der Waals surface area contributed by atoms with Crippen LogP contribution in [0.4, 0.5) is 5.69 Å². The van der Waals surface area contributed by atoms with E-state index in [0.717, 1.165) is 21.7 Å². The molecule has 0 unspecified atom stereocenters. The molecule has 0 saturated heterocycles. The summed E-state index contributed by atoms with van der Waals surface area (Å²) in [5.74, 6) is -1.28. The molecular formula is C23H19N3O2. The van der Waals surface area contributed by atoms with Crippen LogP contribution in [0.15, 0.2) is 79.0 Å². The Morgan fingerprint density at radius 2 is 1.61 bits per heavy atom. The van der Waals surface area contributed by atoms with Gasteiger partial charge in [0.1, 0.15) is 0 Å². The number of rotatable bonds is 3. The average molecular weight is 369 g/mol. The first-order valence-electron chi connectivity index (χ1n) is 9.00. The Hall–Kier alpha value is -3.73. The number of fused-ring (bicyclic) bond motifs is 2. The molecule has 0 radical (unpaired) electrons. The van der Waals surface area contributed by atoms with Gasteiger partial charge in [0.05, 0.1) is 11.2 Å². The van der Waals surface area contributed by atoms with Crippen molar-refractivity contribution in [2.45, 2.75) is 6.54 Å². The van der Waals surface area contributed by atoms with Crippen molar-refractivity contribution in [2.75, 3.05) is 12.4 Å². The highest BCUT2D eigenvalue weighted by atomic mass is 16.2. The second-order valence-corrected chi connectivity index (χ2v) is 6.63. The fourth-order valence-corrected chi connectivity index (χ4v) is 3.31. The Bertz CT molecular complexity index is 1180. The number of nitrogens with one attached hydrogen (secondary N) is 1. The summed E-state index contributed by atoms with van der Waals surface area (Å²) in [6.45, 7) is 0.349. The van der Waals surface area contributed by atoms with Gasteiger partial charge >= 0.3 is 11.8 Å². The zero-order chi connectivity index (χ0) is 19.5. The topological polar surface area (TPSA) is 62.3 Å². The molecule has 0 fully saturated rings. The summed E-state index contributed by atoms with van der Waals surface area (Å²) in [4.78, 5) is 30.9. The van der Waals surface area contributed by atoms with E-state index in [2.05, 4.69) is 10.3 Å². The molecule has 2 amide bonds. The maximum atomic E-state index is 12.6. The highest BCUT2D eigenvalue weighted by Crippen LogP contribution is 2.22. The van der Waals surface area contributed by atoms with Crippen molar-refractivity contribution in [1.29, 1.82) is 0 Å². The van der Waals surface area contributed by atoms with Crippen molar-refractivity contribution in [3.05, 3.63) is 84.6 Å². The van der Waals surface area contributed by atoms with E-state index in [4.69, 9.17) is 0 Å². The van der Waals surface area contributed by atoms with E-state index in [1.165, 1.54) is 4.90 Å². The Balaban J connectivity index is 1.52. The zero-order valence-corrected chi connectivity index (χ0v) is 15.4. The third-order valence-electron chi connectivity index (χ3n) is 4.71. The summed E-state index contributed by atoms with van der Waals surface area (Å²) >= 11 is 0. The predicted octanol–water partition coefficient (Wildman–Crippen LogP) is 3.99. The molecule has 138 valence electrons. The number of carbonyl (C=O) groups excluding carboxylic acids is 2. The molecule has 4 aromatic rings. The molecule has 1 aromatic heterocycles. The minimum Gasteiger partial charge on any atom is -0.333 e. The van der Waals surface area contributed by atoms with Crippen molar-refractivity contribution in [2.24, 2.45) is 0 Å². The summed E-state index contributed by atoms with van der Waals surface area (Å²) in [5, 5.41) is 5.77. The van der Waals surface area contributed by atoms with Crippen LogP contribution >= 0.6 is 0 Å². The van der Waals surface area contributed by atoms with E-state index in [-0.39, 0.29) is 0 Å². The third-order valence-corrected chi connectivity index (χ3v) is 4.71. The number of benzene rings is 3. The van der Waals surface area contributed by atoms with Gasteiger partial charge in [0, 0.05) is 25.2 Å². The molecule has 3 aromatic carbocycles. The van der Waals surface area contributed by atoms with Crippen LogP contribution in [0.2, 0.25) is 0 Å². The van der Waals surface area contributed by atoms with Crippen molar-refractivity contribution in [3.8, 4) is 0 Å². The summed E-state index contributed by atoms with van der Waals surface area (Å²) in [6.07, 6.45) is 1.66. The quantitative estimate of drug-likeness (QED) is 0.556. The van der Waals surface area contributed by atoms with Crippen LogP contribution in [0, 0.1) is 0 Å². The number of carbonyl (C=O) groups is 2. The number of likely N-dealkylation sites (N-methyl/N-ethyl adjacent to an activating group) is 1. The second kappa shape index (κ2) is 7.48. The van der Waals surface area contributed by atoms with Crippen molar-refractivity contribution >= 4 is 39.2 Å². The first kappa shape index (κ1) is 17.7. The lowest BCUT2D eigenvalue weighted by Gasteiger charge is -2.18. The normalized spacial score (nSPS) is 10.8. The molecule has 0 aliphatic heterocycles. The van der Waals surface area contributed by atoms with Crippen LogP contribution in [0.25, 0.3) is 21.7 Å². The van der Waals surface area contributed by atoms with E-state index < -0.39 is 11.8 Å². The van der Waals surface area contributed by atoms with Gasteiger partial charge in [-0.25, -0.2) is 0 Å². The molecule has 5 nitrogen and oxygen atoms in total. The summed E-state index contributed by atoms with van der Waals surface area (Å²) in [5.41, 5.74) is 2.17. The highest BCUT2D eigenvalue weighted by Gasteiger charge is 2.20. The van der Waals surface area contributed by atoms with Crippen molar-refractivity contribution in [3.63, 3.8) is 0 Å². The van der Waals surface area contributed by atoms with Gasteiger partial charge in [-0.05, 0) is 28.5 Å². The lowest BCUT2D eigenvalue weighted by atomic mass is 10.0. The fraction of sp³-hybridized carbons (Fsp3) is 0.0870. The Labute approximate surface area is 162 Å². The van der Waals surface area contributed by atoms with E-state index in [1.807, 2.05) is 66.7 Å². The first-order valence-corrected chi connectivity index (χ1v) is 9.00. The fourth-order valence-electron chi connectivity index (χ4n) is 3.31. The third kappa shape index (κ3) is 3.42. The first-order chi connectivity index (χ1) is 13.6. The lowest BCUT2D eigenvalue weighted by molar-refractivity contribution is -0.142. The molecule has 0 bridgehead atoms. The number of hydrogen-bond acceptors (Lipinski definition) is 3. The molecule has 0 atom stereocenters. The smallest absolute Gasteiger partial charge is 0.313 e. The minimum absolute atomic E-state index is 0.349. The summed E-state index contributed by atoms with van der Waals surface area (Å²) in [6, 6.07) is 23.2. The highest BCUT2D eigenvalue weighted by molar-refractivity contribution is 6.40.